The maximum absolute atomic E-state index is 14.0. The molecule has 1 amide bonds. The average Bonchev–Trinajstić information content (AvgIpc) is 3.06. The molecule has 1 heterocycles. The number of amides is 1. The van der Waals surface area contributed by atoms with Crippen LogP contribution in [0.1, 0.15) is 59.1 Å². The summed E-state index contributed by atoms with van der Waals surface area (Å²) in [4.78, 5) is 27.1. The lowest BCUT2D eigenvalue weighted by molar-refractivity contribution is -0.161. The number of benzene rings is 1. The summed E-state index contributed by atoms with van der Waals surface area (Å²) in [5.74, 6) is -1.28. The van der Waals surface area contributed by atoms with Gasteiger partial charge in [-0.3, -0.25) is 4.79 Å². The molecule has 1 saturated heterocycles. The summed E-state index contributed by atoms with van der Waals surface area (Å²) in [5, 5.41) is 0. The van der Waals surface area contributed by atoms with Gasteiger partial charge in [-0.25, -0.2) is 9.18 Å². The van der Waals surface area contributed by atoms with Gasteiger partial charge >= 0.3 is 12.1 Å². The summed E-state index contributed by atoms with van der Waals surface area (Å²) in [6.07, 6.45) is 2.19. The lowest BCUT2D eigenvalue weighted by Gasteiger charge is -2.28. The number of carbonyl (C=O) groups excluding carboxylic acids is 2. The number of halogens is 1. The fourth-order valence-electron chi connectivity index (χ4n) is 3.59. The number of carbonyl (C=O) groups is 2. The Kier molecular flexibility index (Phi) is 7.32. The van der Waals surface area contributed by atoms with Crippen molar-refractivity contribution in [2.24, 2.45) is 11.8 Å². The first-order chi connectivity index (χ1) is 13.8. The molecule has 0 bridgehead atoms. The van der Waals surface area contributed by atoms with Gasteiger partial charge in [0.1, 0.15) is 17.0 Å². The zero-order chi connectivity index (χ0) is 22.7. The second-order valence-corrected chi connectivity index (χ2v) is 9.92. The molecule has 1 aliphatic rings. The molecule has 0 aliphatic carbocycles. The maximum atomic E-state index is 14.0. The standard InChI is InChI=1S/C24H34FNO4/c1-8-16-11-17(13-19(25)12-16)14-20(21(27)29-23(2,3)4)18-9-10-26(15-18)22(28)30-24(5,6)7/h8,11-13,18,20H,1,9-10,14-15H2,2-7H3/t18?,20-/m0/s1. The Balaban J connectivity index is 2.22. The van der Waals surface area contributed by atoms with Gasteiger partial charge in [-0.05, 0) is 83.6 Å². The third-order valence-electron chi connectivity index (χ3n) is 4.83. The lowest BCUT2D eigenvalue weighted by Crippen LogP contribution is -2.38. The van der Waals surface area contributed by atoms with Crippen LogP contribution in [-0.4, -0.2) is 41.3 Å². The van der Waals surface area contributed by atoms with Crippen LogP contribution in [0, 0.1) is 17.7 Å². The number of ether oxygens (including phenoxy) is 2. The maximum Gasteiger partial charge on any atom is 0.410 e. The van der Waals surface area contributed by atoms with Gasteiger partial charge in [0, 0.05) is 13.1 Å². The van der Waals surface area contributed by atoms with Crippen molar-refractivity contribution in [3.8, 4) is 0 Å². The quantitative estimate of drug-likeness (QED) is 0.614. The first kappa shape index (κ1) is 23.9. The third kappa shape index (κ3) is 7.15. The topological polar surface area (TPSA) is 55.8 Å². The van der Waals surface area contributed by atoms with Gasteiger partial charge in [0.05, 0.1) is 5.92 Å². The number of nitrogens with zero attached hydrogens (tertiary/aromatic N) is 1. The van der Waals surface area contributed by atoms with Crippen molar-refractivity contribution < 1.29 is 23.5 Å². The summed E-state index contributed by atoms with van der Waals surface area (Å²) in [5.41, 5.74) is 0.154. The van der Waals surface area contributed by atoms with E-state index in [-0.39, 0.29) is 23.8 Å². The number of likely N-dealkylation sites (tertiary alicyclic amines) is 1. The van der Waals surface area contributed by atoms with Crippen LogP contribution in [0.2, 0.25) is 0 Å². The van der Waals surface area contributed by atoms with Crippen LogP contribution < -0.4 is 0 Å². The third-order valence-corrected chi connectivity index (χ3v) is 4.83. The van der Waals surface area contributed by atoms with Crippen LogP contribution in [0.25, 0.3) is 6.08 Å². The molecule has 2 rings (SSSR count). The summed E-state index contributed by atoms with van der Waals surface area (Å²) in [6, 6.07) is 4.66. The summed E-state index contributed by atoms with van der Waals surface area (Å²) < 4.78 is 25.1. The highest BCUT2D eigenvalue weighted by Gasteiger charge is 2.39. The number of rotatable bonds is 5. The molecule has 30 heavy (non-hydrogen) atoms. The van der Waals surface area contributed by atoms with Crippen molar-refractivity contribution >= 4 is 18.1 Å². The van der Waals surface area contributed by atoms with Crippen molar-refractivity contribution in [3.63, 3.8) is 0 Å². The highest BCUT2D eigenvalue weighted by Crippen LogP contribution is 2.31. The Hall–Kier alpha value is -2.37. The highest BCUT2D eigenvalue weighted by molar-refractivity contribution is 5.74. The molecule has 0 aromatic heterocycles. The number of hydrogen-bond acceptors (Lipinski definition) is 4. The van der Waals surface area contributed by atoms with Crippen LogP contribution in [0.4, 0.5) is 9.18 Å². The smallest absolute Gasteiger partial charge is 0.410 e. The molecule has 1 unspecified atom stereocenters. The van der Waals surface area contributed by atoms with E-state index in [2.05, 4.69) is 6.58 Å². The van der Waals surface area contributed by atoms with Crippen LogP contribution >= 0.6 is 0 Å². The molecule has 2 atom stereocenters. The molecule has 1 aromatic rings. The largest absolute Gasteiger partial charge is 0.460 e. The minimum Gasteiger partial charge on any atom is -0.460 e. The van der Waals surface area contributed by atoms with E-state index < -0.39 is 17.1 Å². The van der Waals surface area contributed by atoms with E-state index in [4.69, 9.17) is 9.47 Å². The van der Waals surface area contributed by atoms with Crippen LogP contribution in [0.3, 0.4) is 0 Å². The molecule has 5 nitrogen and oxygen atoms in total. The fraction of sp³-hybridized carbons (Fsp3) is 0.583. The number of hydrogen-bond donors (Lipinski definition) is 0. The first-order valence-electron chi connectivity index (χ1n) is 10.4. The highest BCUT2D eigenvalue weighted by atomic mass is 19.1. The van der Waals surface area contributed by atoms with Crippen LogP contribution in [-0.2, 0) is 20.7 Å². The van der Waals surface area contributed by atoms with Crippen molar-refractivity contribution in [3.05, 3.63) is 41.7 Å². The van der Waals surface area contributed by atoms with Crippen LogP contribution in [0.15, 0.2) is 24.8 Å². The average molecular weight is 420 g/mol. The monoisotopic (exact) mass is 419 g/mol. The lowest BCUT2D eigenvalue weighted by atomic mass is 9.85. The SMILES string of the molecule is C=Cc1cc(F)cc(C[C@H](C(=O)OC(C)(C)C)C2CCN(C(=O)OC(C)(C)C)C2)c1. The molecule has 1 aliphatic heterocycles. The summed E-state index contributed by atoms with van der Waals surface area (Å²) in [6.45, 7) is 15.5. The Bertz CT molecular complexity index is 791. The molecule has 0 radical (unpaired) electrons. The summed E-state index contributed by atoms with van der Waals surface area (Å²) in [7, 11) is 0. The fourth-order valence-corrected chi connectivity index (χ4v) is 3.59. The van der Waals surface area contributed by atoms with Gasteiger partial charge in [-0.15, -0.1) is 0 Å². The minimum absolute atomic E-state index is 0.0946. The predicted octanol–water partition coefficient (Wildman–Crippen LogP) is 5.23. The Morgan fingerprint density at radius 1 is 1.17 bits per heavy atom. The van der Waals surface area contributed by atoms with Gasteiger partial charge in [-0.1, -0.05) is 18.7 Å². The minimum atomic E-state index is -0.632. The zero-order valence-corrected chi connectivity index (χ0v) is 19.0. The zero-order valence-electron chi connectivity index (χ0n) is 19.0. The Morgan fingerprint density at radius 3 is 2.37 bits per heavy atom. The normalized spacial score (nSPS) is 18.1. The van der Waals surface area contributed by atoms with Crippen molar-refractivity contribution in [1.29, 1.82) is 0 Å². The van der Waals surface area contributed by atoms with E-state index in [0.717, 1.165) is 0 Å². The summed E-state index contributed by atoms with van der Waals surface area (Å²) >= 11 is 0. The van der Waals surface area contributed by atoms with Crippen molar-refractivity contribution in [2.75, 3.05) is 13.1 Å². The molecule has 0 N–H and O–H groups in total. The molecule has 0 spiro atoms. The molecule has 6 heteroatoms. The van der Waals surface area contributed by atoms with Gasteiger partial charge in [0.2, 0.25) is 0 Å². The predicted molar refractivity (Wildman–Crippen MR) is 115 cm³/mol. The van der Waals surface area contributed by atoms with Crippen molar-refractivity contribution in [2.45, 2.75) is 65.6 Å². The van der Waals surface area contributed by atoms with E-state index in [1.807, 2.05) is 47.6 Å². The first-order valence-corrected chi connectivity index (χ1v) is 10.4. The van der Waals surface area contributed by atoms with E-state index in [1.54, 1.807) is 11.0 Å². The van der Waals surface area contributed by atoms with Crippen LogP contribution in [0.5, 0.6) is 0 Å². The molecule has 1 fully saturated rings. The molecule has 1 aromatic carbocycles. The van der Waals surface area contributed by atoms with Crippen molar-refractivity contribution in [1.82, 2.24) is 4.90 Å². The van der Waals surface area contributed by atoms with Gasteiger partial charge < -0.3 is 14.4 Å². The van der Waals surface area contributed by atoms with Gasteiger partial charge in [0.15, 0.2) is 0 Å². The molecular weight excluding hydrogens is 385 g/mol. The van der Waals surface area contributed by atoms with E-state index in [0.29, 0.717) is 37.1 Å². The molecule has 0 saturated carbocycles. The second kappa shape index (κ2) is 9.19. The van der Waals surface area contributed by atoms with E-state index in [1.165, 1.54) is 12.1 Å². The Morgan fingerprint density at radius 2 is 1.80 bits per heavy atom. The van der Waals surface area contributed by atoms with E-state index in [9.17, 15) is 14.0 Å². The number of esters is 1. The van der Waals surface area contributed by atoms with Gasteiger partial charge in [0.25, 0.3) is 0 Å². The van der Waals surface area contributed by atoms with Gasteiger partial charge in [-0.2, -0.15) is 0 Å². The van der Waals surface area contributed by atoms with E-state index >= 15 is 0 Å². The Labute approximate surface area is 179 Å². The molecular formula is C24H34FNO4. The molecule has 166 valence electrons. The second-order valence-electron chi connectivity index (χ2n) is 9.92.